The third-order valence-electron chi connectivity index (χ3n) is 4.52. The lowest BCUT2D eigenvalue weighted by molar-refractivity contribution is -0.118. The van der Waals surface area contributed by atoms with Crippen LogP contribution >= 0.6 is 0 Å². The Balaban J connectivity index is 1.57. The molecule has 0 unspecified atom stereocenters. The normalized spacial score (nSPS) is 12.1. The van der Waals surface area contributed by atoms with Gasteiger partial charge >= 0.3 is 0 Å². The van der Waals surface area contributed by atoms with Crippen LogP contribution in [0.25, 0.3) is 0 Å². The van der Waals surface area contributed by atoms with E-state index in [0.29, 0.717) is 17.2 Å². The second kappa shape index (κ2) is 10.1. The van der Waals surface area contributed by atoms with Gasteiger partial charge in [-0.05, 0) is 48.9 Å². The summed E-state index contributed by atoms with van der Waals surface area (Å²) in [7, 11) is -2.18. The molecule has 0 fully saturated rings. The average Bonchev–Trinajstić information content (AvgIpc) is 2.78. The third-order valence-corrected chi connectivity index (χ3v) is 6.07. The Kier molecular flexibility index (Phi) is 7.28. The van der Waals surface area contributed by atoms with E-state index in [1.165, 1.54) is 31.4 Å². The molecule has 0 aliphatic heterocycles. The number of nitrogens with one attached hydrogen (secondary N) is 2. The van der Waals surface area contributed by atoms with Crippen molar-refractivity contribution in [1.29, 1.82) is 0 Å². The zero-order chi connectivity index (χ0) is 22.3. The minimum Gasteiger partial charge on any atom is -0.495 e. The van der Waals surface area contributed by atoms with E-state index in [1.54, 1.807) is 31.2 Å². The highest BCUT2D eigenvalue weighted by atomic mass is 32.2. The van der Waals surface area contributed by atoms with Gasteiger partial charge in [0.2, 0.25) is 10.0 Å². The van der Waals surface area contributed by atoms with E-state index >= 15 is 0 Å². The smallest absolute Gasteiger partial charge is 0.262 e. The molecule has 0 saturated heterocycles. The Bertz CT molecular complexity index is 1120. The molecule has 7 nitrogen and oxygen atoms in total. The molecular weight excluding hydrogens is 416 g/mol. The van der Waals surface area contributed by atoms with E-state index in [2.05, 4.69) is 10.0 Å². The number of ether oxygens (including phenoxy) is 2. The fraction of sp³-hybridized carbons (Fsp3) is 0.174. The molecule has 162 valence electrons. The zero-order valence-electron chi connectivity index (χ0n) is 17.2. The van der Waals surface area contributed by atoms with Crippen molar-refractivity contribution in [3.8, 4) is 11.5 Å². The lowest BCUT2D eigenvalue weighted by atomic mass is 10.1. The minimum atomic E-state index is -3.70. The van der Waals surface area contributed by atoms with Gasteiger partial charge in [-0.2, -0.15) is 0 Å². The lowest BCUT2D eigenvalue weighted by Gasteiger charge is -2.15. The van der Waals surface area contributed by atoms with Gasteiger partial charge in [0.15, 0.2) is 6.61 Å². The molecule has 2 N–H and O–H groups in total. The van der Waals surface area contributed by atoms with Gasteiger partial charge in [0.05, 0.1) is 17.7 Å². The molecule has 31 heavy (non-hydrogen) atoms. The first kappa shape index (κ1) is 22.3. The summed E-state index contributed by atoms with van der Waals surface area (Å²) >= 11 is 0. The molecular formula is C23H24N2O5S. The van der Waals surface area contributed by atoms with E-state index in [-0.39, 0.29) is 23.5 Å². The molecule has 0 aliphatic carbocycles. The molecule has 0 aromatic heterocycles. The highest BCUT2D eigenvalue weighted by molar-refractivity contribution is 7.89. The minimum absolute atomic E-state index is 0.112. The van der Waals surface area contributed by atoms with Crippen molar-refractivity contribution in [3.63, 3.8) is 0 Å². The molecule has 0 radical (unpaired) electrons. The van der Waals surface area contributed by atoms with Crippen LogP contribution < -0.4 is 19.5 Å². The average molecular weight is 441 g/mol. The van der Waals surface area contributed by atoms with Crippen LogP contribution in [-0.2, 0) is 14.8 Å². The van der Waals surface area contributed by atoms with Crippen LogP contribution in [0.2, 0.25) is 0 Å². The van der Waals surface area contributed by atoms with E-state index in [0.717, 1.165) is 5.56 Å². The second-order valence-electron chi connectivity index (χ2n) is 6.76. The number of amides is 1. The summed E-state index contributed by atoms with van der Waals surface area (Å²) in [6.45, 7) is 1.55. The Morgan fingerprint density at radius 3 is 2.26 bits per heavy atom. The van der Waals surface area contributed by atoms with E-state index in [4.69, 9.17) is 9.47 Å². The van der Waals surface area contributed by atoms with Crippen LogP contribution in [0.4, 0.5) is 5.69 Å². The summed E-state index contributed by atoms with van der Waals surface area (Å²) in [5, 5.41) is 2.71. The Hall–Kier alpha value is -3.36. The largest absolute Gasteiger partial charge is 0.495 e. The second-order valence-corrected chi connectivity index (χ2v) is 8.48. The fourth-order valence-corrected chi connectivity index (χ4v) is 4.14. The summed E-state index contributed by atoms with van der Waals surface area (Å²) in [5.41, 5.74) is 1.41. The van der Waals surface area contributed by atoms with Crippen molar-refractivity contribution >= 4 is 21.6 Å². The van der Waals surface area contributed by atoms with Gasteiger partial charge in [-0.15, -0.1) is 0 Å². The molecule has 0 saturated carbocycles. The summed E-state index contributed by atoms with van der Waals surface area (Å²) in [4.78, 5) is 12.3. The molecule has 0 aliphatic rings. The monoisotopic (exact) mass is 440 g/mol. The van der Waals surface area contributed by atoms with Gasteiger partial charge in [0, 0.05) is 6.04 Å². The maximum atomic E-state index is 12.6. The van der Waals surface area contributed by atoms with E-state index in [9.17, 15) is 13.2 Å². The number of carbonyl (C=O) groups excluding carboxylic acids is 1. The number of methoxy groups -OCH3 is 1. The van der Waals surface area contributed by atoms with Crippen LogP contribution in [-0.4, -0.2) is 28.0 Å². The van der Waals surface area contributed by atoms with Crippen LogP contribution in [0.15, 0.2) is 83.8 Å². The molecule has 3 aromatic carbocycles. The highest BCUT2D eigenvalue weighted by Crippen LogP contribution is 2.23. The summed E-state index contributed by atoms with van der Waals surface area (Å²) in [6, 6.07) is 21.9. The molecule has 3 aromatic rings. The first-order chi connectivity index (χ1) is 14.9. The Morgan fingerprint density at radius 1 is 0.935 bits per heavy atom. The summed E-state index contributed by atoms with van der Waals surface area (Å²) < 4.78 is 38.6. The van der Waals surface area contributed by atoms with Crippen LogP contribution in [0.5, 0.6) is 11.5 Å². The van der Waals surface area contributed by atoms with Crippen LogP contribution in [0, 0.1) is 0 Å². The predicted molar refractivity (Wildman–Crippen MR) is 119 cm³/mol. The number of hydrogen-bond donors (Lipinski definition) is 2. The maximum absolute atomic E-state index is 12.6. The van der Waals surface area contributed by atoms with Crippen LogP contribution in [0.3, 0.4) is 0 Å². The molecule has 1 atom stereocenters. The molecule has 0 heterocycles. The Labute approximate surface area is 182 Å². The number of hydrogen-bond acceptors (Lipinski definition) is 5. The highest BCUT2D eigenvalue weighted by Gasteiger charge is 2.18. The maximum Gasteiger partial charge on any atom is 0.262 e. The number of carbonyl (C=O) groups is 1. The number of benzene rings is 3. The SMILES string of the molecule is COc1ccccc1NC(=O)COc1ccc(S(=O)(=O)N[C@@H](C)c2ccccc2)cc1. The van der Waals surface area contributed by atoms with Crippen molar-refractivity contribution in [2.24, 2.45) is 0 Å². The van der Waals surface area contributed by atoms with Gasteiger partial charge < -0.3 is 14.8 Å². The standard InChI is InChI=1S/C23H24N2O5S/c1-17(18-8-4-3-5-9-18)25-31(27,28)20-14-12-19(13-15-20)30-16-23(26)24-21-10-6-7-11-22(21)29-2/h3-15,17,25H,16H2,1-2H3,(H,24,26)/t17-/m0/s1. The first-order valence-corrected chi connectivity index (χ1v) is 11.1. The van der Waals surface area contributed by atoms with Gasteiger partial charge in [-0.1, -0.05) is 42.5 Å². The summed E-state index contributed by atoms with van der Waals surface area (Å²) in [5.74, 6) is 0.562. The number of anilines is 1. The third kappa shape index (κ3) is 6.07. The molecule has 3 rings (SSSR count). The number of sulfonamides is 1. The van der Waals surface area contributed by atoms with Gasteiger partial charge in [-0.3, -0.25) is 4.79 Å². The molecule has 1 amide bonds. The van der Waals surface area contributed by atoms with E-state index in [1.807, 2.05) is 30.3 Å². The van der Waals surface area contributed by atoms with Gasteiger partial charge in [-0.25, -0.2) is 13.1 Å². The topological polar surface area (TPSA) is 93.7 Å². The number of para-hydroxylation sites is 2. The van der Waals surface area contributed by atoms with E-state index < -0.39 is 10.0 Å². The van der Waals surface area contributed by atoms with Crippen molar-refractivity contribution in [1.82, 2.24) is 4.72 Å². The van der Waals surface area contributed by atoms with Crippen molar-refractivity contribution in [2.75, 3.05) is 19.0 Å². The predicted octanol–water partition coefficient (Wildman–Crippen LogP) is 3.75. The van der Waals surface area contributed by atoms with Gasteiger partial charge in [0.1, 0.15) is 11.5 Å². The van der Waals surface area contributed by atoms with Crippen LogP contribution in [0.1, 0.15) is 18.5 Å². The zero-order valence-corrected chi connectivity index (χ0v) is 18.1. The first-order valence-electron chi connectivity index (χ1n) is 9.62. The molecule has 0 bridgehead atoms. The fourth-order valence-electron chi connectivity index (χ4n) is 2.91. The molecule has 8 heteroatoms. The Morgan fingerprint density at radius 2 is 1.58 bits per heavy atom. The van der Waals surface area contributed by atoms with Crippen molar-refractivity contribution in [3.05, 3.63) is 84.4 Å². The van der Waals surface area contributed by atoms with Crippen molar-refractivity contribution < 1.29 is 22.7 Å². The van der Waals surface area contributed by atoms with Gasteiger partial charge in [0.25, 0.3) is 5.91 Å². The molecule has 0 spiro atoms. The summed E-state index contributed by atoms with van der Waals surface area (Å²) in [6.07, 6.45) is 0. The van der Waals surface area contributed by atoms with Crippen molar-refractivity contribution in [2.45, 2.75) is 17.9 Å². The lowest BCUT2D eigenvalue weighted by Crippen LogP contribution is -2.26. The quantitative estimate of drug-likeness (QED) is 0.529. The number of rotatable bonds is 9.